The summed E-state index contributed by atoms with van der Waals surface area (Å²) < 4.78 is 6.90. The van der Waals surface area contributed by atoms with E-state index in [1.807, 2.05) is 0 Å². The summed E-state index contributed by atoms with van der Waals surface area (Å²) in [5.74, 6) is 0.121. The first kappa shape index (κ1) is 48.6. The quantitative estimate of drug-likeness (QED) is 0.134. The maximum atomic E-state index is 6.90. The molecule has 0 fully saturated rings. The van der Waals surface area contributed by atoms with Gasteiger partial charge in [0, 0.05) is 45.2 Å². The Morgan fingerprint density at radius 1 is 0.573 bits per heavy atom. The van der Waals surface area contributed by atoms with Crippen LogP contribution in [0, 0.1) is 13.8 Å². The highest BCUT2D eigenvalue weighted by Crippen LogP contribution is 2.48. The predicted octanol–water partition coefficient (Wildman–Crippen LogP) is 17.3. The van der Waals surface area contributed by atoms with Crippen LogP contribution in [0.2, 0.25) is 0 Å². The molecule has 0 amide bonds. The molecule has 2 atom stereocenters. The highest BCUT2D eigenvalue weighted by atomic mass is 16.3. The zero-order valence-corrected chi connectivity index (χ0v) is 45.7. The maximum Gasteiger partial charge on any atom is 0.242 e. The molecule has 2 aliphatic rings. The molecular weight excluding hydrogens is 906 g/mol. The summed E-state index contributed by atoms with van der Waals surface area (Å²) in [5.41, 5.74) is 26.0. The van der Waals surface area contributed by atoms with E-state index in [0.717, 1.165) is 47.5 Å². The summed E-state index contributed by atoms with van der Waals surface area (Å²) in [7, 11) is 0. The second-order valence-corrected chi connectivity index (χ2v) is 24.4. The Hall–Kier alpha value is -7.36. The van der Waals surface area contributed by atoms with Gasteiger partial charge in [-0.15, -0.1) is 0 Å². The first-order valence-electron chi connectivity index (χ1n) is 27.5. The van der Waals surface area contributed by atoms with Crippen molar-refractivity contribution in [2.45, 2.75) is 117 Å². The molecule has 75 heavy (non-hydrogen) atoms. The summed E-state index contributed by atoms with van der Waals surface area (Å²) in [6.07, 6.45) is 3.16. The molecule has 1 aliphatic carbocycles. The van der Waals surface area contributed by atoms with Gasteiger partial charge in [-0.1, -0.05) is 235 Å². The van der Waals surface area contributed by atoms with Gasteiger partial charge < -0.3 is 9.32 Å². The van der Waals surface area contributed by atoms with Gasteiger partial charge >= 0.3 is 0 Å². The molecule has 3 heteroatoms. The molecular formula is C72H70BNO. The van der Waals surface area contributed by atoms with Gasteiger partial charge in [0.15, 0.2) is 0 Å². The molecule has 372 valence electrons. The standard InChI is InChI=1S/C72H70BNO/c1-46-39-47(2)68-62(40-46)61(41-50-33-34-51(70(4,5)6)42-60(50)49-23-14-11-15-24-49)56-36-35-54(74(52-25-16-12-17-26-52)53-27-18-13-19-28-53)43-65(56)73(68)66-45-64-63(71(7,8)37-38-72(64,9)10)44-59(66)48(3)55-30-22-31-58-57-29-20-21-32-67(57)75-69(55)58/h11-36,39-40,42-45,48,61H,37-38,41H2,1-10H3. The third kappa shape index (κ3) is 8.53. The van der Waals surface area contributed by atoms with Crippen LogP contribution >= 0.6 is 0 Å². The number of anilines is 3. The van der Waals surface area contributed by atoms with Crippen LogP contribution in [0.5, 0.6) is 0 Å². The van der Waals surface area contributed by atoms with Crippen molar-refractivity contribution in [3.05, 3.63) is 250 Å². The minimum absolute atomic E-state index is 0.00236. The Morgan fingerprint density at radius 2 is 1.20 bits per heavy atom. The van der Waals surface area contributed by atoms with Gasteiger partial charge in [0.05, 0.1) is 0 Å². The first-order chi connectivity index (χ1) is 36.1. The maximum absolute atomic E-state index is 6.90. The van der Waals surface area contributed by atoms with Gasteiger partial charge in [-0.2, -0.15) is 0 Å². The molecule has 2 unspecified atom stereocenters. The third-order valence-electron chi connectivity index (χ3n) is 17.5. The molecule has 0 saturated carbocycles. The highest BCUT2D eigenvalue weighted by molar-refractivity contribution is 6.97. The fourth-order valence-corrected chi connectivity index (χ4v) is 13.3. The lowest BCUT2D eigenvalue weighted by molar-refractivity contribution is 0.332. The summed E-state index contributed by atoms with van der Waals surface area (Å²) in [6.45, 7) is 24.0. The van der Waals surface area contributed by atoms with E-state index in [1.54, 1.807) is 0 Å². The van der Waals surface area contributed by atoms with Crippen LogP contribution in [0.3, 0.4) is 0 Å². The Bertz CT molecular complexity index is 3740. The van der Waals surface area contributed by atoms with Crippen molar-refractivity contribution in [2.24, 2.45) is 0 Å². The zero-order chi connectivity index (χ0) is 52.0. The van der Waals surface area contributed by atoms with Crippen molar-refractivity contribution in [3.8, 4) is 11.1 Å². The summed E-state index contributed by atoms with van der Waals surface area (Å²) in [4.78, 5) is 2.45. The smallest absolute Gasteiger partial charge is 0.242 e. The Kier molecular flexibility index (Phi) is 12.0. The van der Waals surface area contributed by atoms with Crippen LogP contribution in [-0.2, 0) is 22.7 Å². The van der Waals surface area contributed by atoms with E-state index in [9.17, 15) is 0 Å². The molecule has 2 heterocycles. The molecule has 12 rings (SSSR count). The molecule has 0 saturated heterocycles. The largest absolute Gasteiger partial charge is 0.456 e. The molecule has 0 spiro atoms. The predicted molar refractivity (Wildman–Crippen MR) is 321 cm³/mol. The summed E-state index contributed by atoms with van der Waals surface area (Å²) >= 11 is 0. The second kappa shape index (κ2) is 18.5. The Morgan fingerprint density at radius 3 is 1.88 bits per heavy atom. The van der Waals surface area contributed by atoms with Crippen LogP contribution in [0.15, 0.2) is 199 Å². The van der Waals surface area contributed by atoms with Crippen molar-refractivity contribution in [1.29, 1.82) is 0 Å². The number of rotatable bonds is 9. The van der Waals surface area contributed by atoms with Gasteiger partial charge in [-0.05, 0) is 142 Å². The van der Waals surface area contributed by atoms with Crippen LogP contribution in [0.1, 0.15) is 136 Å². The molecule has 1 aromatic heterocycles. The van der Waals surface area contributed by atoms with E-state index in [2.05, 4.69) is 268 Å². The number of benzene rings is 9. The summed E-state index contributed by atoms with van der Waals surface area (Å²) in [5, 5.41) is 2.34. The lowest BCUT2D eigenvalue weighted by atomic mass is 9.30. The molecule has 0 bridgehead atoms. The fraction of sp³-hybridized carbons (Fsp3) is 0.250. The average molecular weight is 976 g/mol. The van der Waals surface area contributed by atoms with Crippen LogP contribution in [-0.4, -0.2) is 6.71 Å². The normalized spacial score (nSPS) is 16.1. The van der Waals surface area contributed by atoms with Crippen LogP contribution in [0.25, 0.3) is 33.1 Å². The van der Waals surface area contributed by atoms with Crippen molar-refractivity contribution in [3.63, 3.8) is 0 Å². The van der Waals surface area contributed by atoms with E-state index >= 15 is 0 Å². The van der Waals surface area contributed by atoms with Gasteiger partial charge in [0.25, 0.3) is 0 Å². The number of para-hydroxylation sites is 4. The summed E-state index contributed by atoms with van der Waals surface area (Å²) in [6, 6.07) is 73.5. The van der Waals surface area contributed by atoms with Gasteiger partial charge in [-0.25, -0.2) is 0 Å². The average Bonchev–Trinajstić information content (AvgIpc) is 3.81. The number of furan rings is 1. The van der Waals surface area contributed by atoms with Crippen molar-refractivity contribution in [1.82, 2.24) is 0 Å². The number of hydrogen-bond acceptors (Lipinski definition) is 2. The van der Waals surface area contributed by atoms with E-state index in [-0.39, 0.29) is 34.8 Å². The number of hydrogen-bond donors (Lipinski definition) is 0. The van der Waals surface area contributed by atoms with Crippen LogP contribution < -0.4 is 21.3 Å². The molecule has 2 nitrogen and oxygen atoms in total. The van der Waals surface area contributed by atoms with E-state index in [4.69, 9.17) is 4.42 Å². The lowest BCUT2D eigenvalue weighted by Crippen LogP contribution is -2.60. The van der Waals surface area contributed by atoms with Gasteiger partial charge in [-0.3, -0.25) is 0 Å². The van der Waals surface area contributed by atoms with Crippen molar-refractivity contribution >= 4 is 62.1 Å². The van der Waals surface area contributed by atoms with E-state index in [0.29, 0.717) is 0 Å². The van der Waals surface area contributed by atoms with Crippen molar-refractivity contribution < 1.29 is 4.42 Å². The number of fused-ring (bicyclic) bond motifs is 6. The zero-order valence-electron chi connectivity index (χ0n) is 45.7. The lowest BCUT2D eigenvalue weighted by Gasteiger charge is -2.44. The molecule has 0 N–H and O–H groups in total. The fourth-order valence-electron chi connectivity index (χ4n) is 13.3. The SMILES string of the molecule is Cc1cc(C)c2c(c1)C(Cc1ccc(C(C)(C)C)cc1-c1ccccc1)c1ccc(N(c3ccccc3)c3ccccc3)cc1B2c1cc2c(cc1C(C)c1cccc3c1oc1ccccc13)C(C)(C)CCC2(C)C. The van der Waals surface area contributed by atoms with Gasteiger partial charge in [0.2, 0.25) is 6.71 Å². The Balaban J connectivity index is 1.16. The minimum atomic E-state index is -0.0597. The molecule has 10 aromatic rings. The van der Waals surface area contributed by atoms with E-state index in [1.165, 1.54) is 93.9 Å². The third-order valence-corrected chi connectivity index (χ3v) is 17.5. The molecule has 9 aromatic carbocycles. The first-order valence-corrected chi connectivity index (χ1v) is 27.5. The number of aryl methyl sites for hydroxylation is 2. The highest BCUT2D eigenvalue weighted by Gasteiger charge is 2.43. The number of nitrogens with zero attached hydrogens (tertiary/aromatic N) is 1. The van der Waals surface area contributed by atoms with Crippen molar-refractivity contribution in [2.75, 3.05) is 4.90 Å². The van der Waals surface area contributed by atoms with Crippen LogP contribution in [0.4, 0.5) is 17.1 Å². The molecule has 1 aliphatic heterocycles. The molecule has 0 radical (unpaired) electrons. The van der Waals surface area contributed by atoms with E-state index < -0.39 is 0 Å². The minimum Gasteiger partial charge on any atom is -0.456 e. The topological polar surface area (TPSA) is 16.4 Å². The Labute approximate surface area is 446 Å². The second-order valence-electron chi connectivity index (χ2n) is 24.4. The van der Waals surface area contributed by atoms with Gasteiger partial charge in [0.1, 0.15) is 11.2 Å². The monoisotopic (exact) mass is 976 g/mol.